The van der Waals surface area contributed by atoms with Crippen LogP contribution in [0.25, 0.3) is 0 Å². The fraction of sp³-hybridized carbons (Fsp3) is 0.750. The van der Waals surface area contributed by atoms with E-state index in [0.29, 0.717) is 19.3 Å². The molecule has 6 heteroatoms. The minimum Gasteiger partial charge on any atom is -0.462 e. The van der Waals surface area contributed by atoms with E-state index in [1.54, 1.807) is 0 Å². The minimum atomic E-state index is -0.802. The van der Waals surface area contributed by atoms with E-state index in [2.05, 4.69) is 69.4 Å². The number of ether oxygens (including phenoxy) is 2. The smallest absolute Gasteiger partial charge is 0.306 e. The molecule has 0 bridgehead atoms. The quantitative estimate of drug-likeness (QED) is 0.0429. The average molecular weight is 647 g/mol. The van der Waals surface area contributed by atoms with Crippen molar-refractivity contribution in [2.75, 3.05) is 13.2 Å². The molecule has 2 N–H and O–H groups in total. The van der Waals surface area contributed by atoms with E-state index in [9.17, 15) is 19.8 Å². The van der Waals surface area contributed by atoms with E-state index in [4.69, 9.17) is 9.47 Å². The number of aliphatic hydroxyl groups is 2. The van der Waals surface area contributed by atoms with Gasteiger partial charge in [0, 0.05) is 12.8 Å². The molecular formula is C40H70O6. The number of hydrogen-bond acceptors (Lipinski definition) is 6. The number of carbonyl (C=O) groups is 2. The van der Waals surface area contributed by atoms with E-state index in [-0.39, 0.29) is 31.3 Å². The Labute approximate surface area is 282 Å². The Bertz CT molecular complexity index is 815. The van der Waals surface area contributed by atoms with E-state index in [0.717, 1.165) is 70.1 Å². The number of hydrogen-bond donors (Lipinski definition) is 2. The average Bonchev–Trinajstić information content (AvgIpc) is 3.05. The van der Waals surface area contributed by atoms with Crippen LogP contribution in [0.2, 0.25) is 0 Å². The number of carbonyl (C=O) groups excluding carboxylic acids is 2. The van der Waals surface area contributed by atoms with Crippen molar-refractivity contribution in [3.8, 4) is 0 Å². The van der Waals surface area contributed by atoms with Crippen LogP contribution < -0.4 is 0 Å². The molecule has 0 saturated heterocycles. The molecule has 0 radical (unpaired) electrons. The summed E-state index contributed by atoms with van der Waals surface area (Å²) < 4.78 is 10.5. The summed E-state index contributed by atoms with van der Waals surface area (Å²) in [5.41, 5.74) is 0. The van der Waals surface area contributed by atoms with Crippen molar-refractivity contribution < 1.29 is 29.3 Å². The summed E-state index contributed by atoms with van der Waals surface area (Å²) in [5.74, 6) is 0.190. The Kier molecular flexibility index (Phi) is 32.5. The molecule has 0 aliphatic heterocycles. The van der Waals surface area contributed by atoms with Crippen LogP contribution in [0.4, 0.5) is 0 Å². The fourth-order valence-electron chi connectivity index (χ4n) is 5.01. The number of rotatable bonds is 32. The lowest BCUT2D eigenvalue weighted by Crippen LogP contribution is -2.28. The fourth-order valence-corrected chi connectivity index (χ4v) is 5.01. The molecular weight excluding hydrogens is 576 g/mol. The van der Waals surface area contributed by atoms with Crippen LogP contribution in [0.1, 0.15) is 162 Å². The molecule has 0 saturated carbocycles. The highest BCUT2D eigenvalue weighted by Gasteiger charge is 2.16. The summed E-state index contributed by atoms with van der Waals surface area (Å²) in [5, 5.41) is 19.2. The molecule has 0 spiro atoms. The second kappa shape index (κ2) is 34.2. The van der Waals surface area contributed by atoms with Crippen molar-refractivity contribution in [3.05, 3.63) is 48.6 Å². The Morgan fingerprint density at radius 2 is 1.17 bits per heavy atom. The van der Waals surface area contributed by atoms with Crippen molar-refractivity contribution in [1.29, 1.82) is 0 Å². The second-order valence-corrected chi connectivity index (χ2v) is 12.7. The number of allylic oxidation sites excluding steroid dienone is 7. The van der Waals surface area contributed by atoms with Crippen LogP contribution in [0.5, 0.6) is 0 Å². The standard InChI is InChI=1S/C40H70O6/c1-4-29-37(42)31-26-22-18-14-9-7-6-8-10-15-19-23-27-32-39(43)45-35-38(34-41)46-40(44)33-28-24-20-16-12-11-13-17-21-25-30-36(3)5-2/h6,8-9,14-15,19,22,26,36-38,41-42H,4-5,7,10-13,16-18,20-21,23-25,27-35H2,1-3H3/b8-6-,14-9-,19-15-,26-22-/t36?,37?,38-/m0/s1. The molecule has 0 rings (SSSR count). The number of esters is 2. The summed E-state index contributed by atoms with van der Waals surface area (Å²) in [4.78, 5) is 24.2. The first-order valence-electron chi connectivity index (χ1n) is 18.7. The lowest BCUT2D eigenvalue weighted by Gasteiger charge is -2.15. The summed E-state index contributed by atoms with van der Waals surface area (Å²) in [6.07, 6.45) is 38.0. The maximum atomic E-state index is 12.1. The Balaban J connectivity index is 3.71. The first-order valence-corrected chi connectivity index (χ1v) is 18.7. The Morgan fingerprint density at radius 1 is 0.652 bits per heavy atom. The van der Waals surface area contributed by atoms with Crippen molar-refractivity contribution in [1.82, 2.24) is 0 Å². The van der Waals surface area contributed by atoms with E-state index in [1.165, 1.54) is 57.8 Å². The van der Waals surface area contributed by atoms with Crippen molar-refractivity contribution in [2.45, 2.75) is 174 Å². The van der Waals surface area contributed by atoms with Gasteiger partial charge in [0.15, 0.2) is 6.10 Å². The monoisotopic (exact) mass is 647 g/mol. The second-order valence-electron chi connectivity index (χ2n) is 12.7. The molecule has 0 fully saturated rings. The first-order chi connectivity index (χ1) is 22.4. The molecule has 266 valence electrons. The minimum absolute atomic E-state index is 0.105. The van der Waals surface area contributed by atoms with Crippen molar-refractivity contribution in [2.24, 2.45) is 5.92 Å². The molecule has 2 unspecified atom stereocenters. The molecule has 0 aromatic carbocycles. The zero-order valence-electron chi connectivity index (χ0n) is 29.8. The summed E-state index contributed by atoms with van der Waals surface area (Å²) >= 11 is 0. The molecule has 3 atom stereocenters. The van der Waals surface area contributed by atoms with Gasteiger partial charge in [0.1, 0.15) is 6.61 Å². The van der Waals surface area contributed by atoms with Gasteiger partial charge in [-0.3, -0.25) is 9.59 Å². The molecule has 0 aromatic heterocycles. The zero-order chi connectivity index (χ0) is 33.9. The van der Waals surface area contributed by atoms with Gasteiger partial charge in [0.25, 0.3) is 0 Å². The third-order valence-corrected chi connectivity index (χ3v) is 8.22. The van der Waals surface area contributed by atoms with Crippen LogP contribution in [0.15, 0.2) is 48.6 Å². The highest BCUT2D eigenvalue weighted by Crippen LogP contribution is 2.15. The van der Waals surface area contributed by atoms with Gasteiger partial charge in [-0.1, -0.05) is 146 Å². The maximum absolute atomic E-state index is 12.1. The van der Waals surface area contributed by atoms with Crippen LogP contribution in [0, 0.1) is 5.92 Å². The molecule has 0 aliphatic carbocycles. The lowest BCUT2D eigenvalue weighted by molar-refractivity contribution is -0.161. The van der Waals surface area contributed by atoms with Gasteiger partial charge in [-0.15, -0.1) is 0 Å². The van der Waals surface area contributed by atoms with Gasteiger partial charge in [-0.2, -0.15) is 0 Å². The molecule has 46 heavy (non-hydrogen) atoms. The SMILES string of the molecule is CCCC(O)C/C=C\C/C=C\C/C=C\C/C=C\CCCC(=O)OC[C@H](CO)OC(=O)CCCCCCCCCCCCC(C)CC. The summed E-state index contributed by atoms with van der Waals surface area (Å²) in [6.45, 7) is 6.24. The van der Waals surface area contributed by atoms with Crippen LogP contribution in [0.3, 0.4) is 0 Å². The lowest BCUT2D eigenvalue weighted by atomic mass is 9.99. The predicted octanol–water partition coefficient (Wildman–Crippen LogP) is 10.3. The van der Waals surface area contributed by atoms with Crippen LogP contribution >= 0.6 is 0 Å². The largest absolute Gasteiger partial charge is 0.462 e. The van der Waals surface area contributed by atoms with Gasteiger partial charge in [-0.25, -0.2) is 0 Å². The van der Waals surface area contributed by atoms with Gasteiger partial charge in [-0.05, 0) is 57.3 Å². The van der Waals surface area contributed by atoms with E-state index >= 15 is 0 Å². The molecule has 0 amide bonds. The highest BCUT2D eigenvalue weighted by atomic mass is 16.6. The Hall–Kier alpha value is -2.18. The molecule has 0 aromatic rings. The molecule has 0 aliphatic rings. The molecule has 0 heterocycles. The molecule has 6 nitrogen and oxygen atoms in total. The van der Waals surface area contributed by atoms with Crippen LogP contribution in [-0.4, -0.2) is 47.6 Å². The highest BCUT2D eigenvalue weighted by molar-refractivity contribution is 5.70. The summed E-state index contributed by atoms with van der Waals surface area (Å²) in [7, 11) is 0. The van der Waals surface area contributed by atoms with Gasteiger partial charge in [0.2, 0.25) is 0 Å². The van der Waals surface area contributed by atoms with Crippen LogP contribution in [-0.2, 0) is 19.1 Å². The van der Waals surface area contributed by atoms with Gasteiger partial charge < -0.3 is 19.7 Å². The maximum Gasteiger partial charge on any atom is 0.306 e. The van der Waals surface area contributed by atoms with Crippen molar-refractivity contribution in [3.63, 3.8) is 0 Å². The normalized spacial score (nSPS) is 14.1. The Morgan fingerprint density at radius 3 is 1.74 bits per heavy atom. The third kappa shape index (κ3) is 31.8. The zero-order valence-corrected chi connectivity index (χ0v) is 29.8. The van der Waals surface area contributed by atoms with E-state index < -0.39 is 6.10 Å². The third-order valence-electron chi connectivity index (χ3n) is 8.22. The van der Waals surface area contributed by atoms with E-state index in [1.807, 2.05) is 0 Å². The predicted molar refractivity (Wildman–Crippen MR) is 193 cm³/mol. The summed E-state index contributed by atoms with van der Waals surface area (Å²) in [6, 6.07) is 0. The first kappa shape index (κ1) is 43.8. The number of unbranched alkanes of at least 4 members (excludes halogenated alkanes) is 10. The van der Waals surface area contributed by atoms with Crippen molar-refractivity contribution >= 4 is 11.9 Å². The number of aliphatic hydroxyl groups excluding tert-OH is 2. The van der Waals surface area contributed by atoms with Gasteiger partial charge >= 0.3 is 11.9 Å². The van der Waals surface area contributed by atoms with Gasteiger partial charge in [0.05, 0.1) is 12.7 Å². The topological polar surface area (TPSA) is 93.1 Å².